The molecule has 0 amide bonds. The molecule has 0 saturated carbocycles. The van der Waals surface area contributed by atoms with Gasteiger partial charge in [-0.1, -0.05) is 0 Å². The highest BCUT2D eigenvalue weighted by Crippen LogP contribution is 2.15. The lowest BCUT2D eigenvalue weighted by molar-refractivity contribution is 0.513. The van der Waals surface area contributed by atoms with Gasteiger partial charge in [0, 0.05) is 10.1 Å². The Labute approximate surface area is 88.5 Å². The van der Waals surface area contributed by atoms with Crippen LogP contribution in [0.25, 0.3) is 11.1 Å². The molecule has 0 N–H and O–H groups in total. The minimum absolute atomic E-state index is 0.278. The predicted molar refractivity (Wildman–Crippen MR) is 58.9 cm³/mol. The number of aryl methyl sites for hydroxylation is 1. The van der Waals surface area contributed by atoms with Gasteiger partial charge in [-0.3, -0.25) is 4.57 Å². The van der Waals surface area contributed by atoms with Gasteiger partial charge in [-0.15, -0.1) is 0 Å². The number of aromatic nitrogens is 1. The Bertz CT molecular complexity index is 498. The van der Waals surface area contributed by atoms with E-state index >= 15 is 0 Å². The Hall–Kier alpha value is -0.780. The van der Waals surface area contributed by atoms with Crippen LogP contribution in [0, 0.1) is 3.57 Å². The molecule has 68 valence electrons. The van der Waals surface area contributed by atoms with E-state index in [1.807, 2.05) is 25.1 Å². The molecular formula is C9H8INO2. The normalized spacial score (nSPS) is 10.9. The number of hydrogen-bond acceptors (Lipinski definition) is 2. The summed E-state index contributed by atoms with van der Waals surface area (Å²) < 4.78 is 7.76. The van der Waals surface area contributed by atoms with Crippen molar-refractivity contribution in [2.24, 2.45) is 0 Å². The van der Waals surface area contributed by atoms with E-state index in [2.05, 4.69) is 22.6 Å². The van der Waals surface area contributed by atoms with Gasteiger partial charge >= 0.3 is 5.76 Å². The molecule has 0 radical (unpaired) electrons. The maximum Gasteiger partial charge on any atom is 0.419 e. The molecule has 0 spiro atoms. The maximum atomic E-state index is 11.3. The van der Waals surface area contributed by atoms with E-state index in [9.17, 15) is 4.79 Å². The van der Waals surface area contributed by atoms with Gasteiger partial charge in [0.05, 0.1) is 5.52 Å². The molecule has 1 aromatic heterocycles. The van der Waals surface area contributed by atoms with Crippen molar-refractivity contribution in [2.45, 2.75) is 13.5 Å². The third kappa shape index (κ3) is 1.39. The average molecular weight is 289 g/mol. The lowest BCUT2D eigenvalue weighted by Gasteiger charge is -1.94. The Morgan fingerprint density at radius 1 is 1.54 bits per heavy atom. The van der Waals surface area contributed by atoms with Crippen molar-refractivity contribution in [3.63, 3.8) is 0 Å². The molecule has 0 saturated heterocycles. The van der Waals surface area contributed by atoms with Gasteiger partial charge in [0.15, 0.2) is 5.58 Å². The molecule has 2 aromatic rings. The molecular weight excluding hydrogens is 281 g/mol. The zero-order valence-electron chi connectivity index (χ0n) is 7.08. The lowest BCUT2D eigenvalue weighted by atomic mass is 10.3. The Morgan fingerprint density at radius 3 is 3.00 bits per heavy atom. The van der Waals surface area contributed by atoms with Crippen molar-refractivity contribution in [3.05, 3.63) is 32.3 Å². The van der Waals surface area contributed by atoms with Crippen LogP contribution in [0.4, 0.5) is 0 Å². The van der Waals surface area contributed by atoms with Crippen molar-refractivity contribution in [1.82, 2.24) is 4.57 Å². The van der Waals surface area contributed by atoms with Crippen molar-refractivity contribution < 1.29 is 4.42 Å². The Morgan fingerprint density at radius 2 is 2.31 bits per heavy atom. The smallest absolute Gasteiger partial charge is 0.408 e. The summed E-state index contributed by atoms with van der Waals surface area (Å²) in [5.74, 6) is -0.278. The van der Waals surface area contributed by atoms with E-state index in [4.69, 9.17) is 4.42 Å². The molecule has 2 rings (SSSR count). The second-order valence-electron chi connectivity index (χ2n) is 2.72. The van der Waals surface area contributed by atoms with Gasteiger partial charge in [0.25, 0.3) is 0 Å². The second kappa shape index (κ2) is 3.17. The van der Waals surface area contributed by atoms with Gasteiger partial charge in [-0.2, -0.15) is 0 Å². The molecule has 0 aliphatic carbocycles. The lowest BCUT2D eigenvalue weighted by Crippen LogP contribution is -2.11. The molecule has 1 heterocycles. The Balaban J connectivity index is 2.87. The Kier molecular flexibility index (Phi) is 2.15. The zero-order chi connectivity index (χ0) is 9.42. The van der Waals surface area contributed by atoms with Gasteiger partial charge in [0.2, 0.25) is 0 Å². The highest BCUT2D eigenvalue weighted by molar-refractivity contribution is 14.1. The number of halogens is 1. The molecule has 3 nitrogen and oxygen atoms in total. The molecule has 1 aromatic carbocycles. The third-order valence-corrected chi connectivity index (χ3v) is 2.62. The quantitative estimate of drug-likeness (QED) is 0.755. The van der Waals surface area contributed by atoms with Crippen LogP contribution in [0.1, 0.15) is 6.92 Å². The molecule has 0 aliphatic rings. The number of benzene rings is 1. The van der Waals surface area contributed by atoms with E-state index in [-0.39, 0.29) is 5.76 Å². The van der Waals surface area contributed by atoms with Gasteiger partial charge in [-0.05, 0) is 47.7 Å². The fourth-order valence-corrected chi connectivity index (χ4v) is 1.80. The molecule has 0 atom stereocenters. The molecule has 4 heteroatoms. The van der Waals surface area contributed by atoms with E-state index in [1.165, 1.54) is 0 Å². The summed E-state index contributed by atoms with van der Waals surface area (Å²) in [6, 6.07) is 5.74. The highest BCUT2D eigenvalue weighted by Gasteiger charge is 2.06. The van der Waals surface area contributed by atoms with Crippen LogP contribution >= 0.6 is 22.6 Å². The first-order chi connectivity index (χ1) is 6.22. The maximum absolute atomic E-state index is 11.3. The number of hydrogen-bond donors (Lipinski definition) is 0. The summed E-state index contributed by atoms with van der Waals surface area (Å²) in [6.07, 6.45) is 0. The zero-order valence-corrected chi connectivity index (χ0v) is 9.24. The summed E-state index contributed by atoms with van der Waals surface area (Å²) >= 11 is 2.19. The number of oxazole rings is 1. The van der Waals surface area contributed by atoms with Crippen LogP contribution in [0.3, 0.4) is 0 Å². The molecule has 0 unspecified atom stereocenters. The van der Waals surface area contributed by atoms with Crippen molar-refractivity contribution in [1.29, 1.82) is 0 Å². The van der Waals surface area contributed by atoms with Gasteiger partial charge in [-0.25, -0.2) is 4.79 Å². The first kappa shape index (κ1) is 8.80. The third-order valence-electron chi connectivity index (χ3n) is 1.95. The van der Waals surface area contributed by atoms with E-state index < -0.39 is 0 Å². The monoisotopic (exact) mass is 289 g/mol. The van der Waals surface area contributed by atoms with E-state index in [0.717, 1.165) is 9.09 Å². The van der Waals surface area contributed by atoms with Crippen LogP contribution in [0.5, 0.6) is 0 Å². The minimum atomic E-state index is -0.278. The topological polar surface area (TPSA) is 35.1 Å². The van der Waals surface area contributed by atoms with E-state index in [0.29, 0.717) is 12.1 Å². The number of fused-ring (bicyclic) bond motifs is 1. The van der Waals surface area contributed by atoms with Crippen molar-refractivity contribution in [2.75, 3.05) is 0 Å². The fourth-order valence-electron chi connectivity index (χ4n) is 1.34. The summed E-state index contributed by atoms with van der Waals surface area (Å²) in [5.41, 5.74) is 1.53. The summed E-state index contributed by atoms with van der Waals surface area (Å²) in [4.78, 5) is 11.3. The van der Waals surface area contributed by atoms with Crippen LogP contribution in [0.15, 0.2) is 27.4 Å². The fraction of sp³-hybridized carbons (Fsp3) is 0.222. The number of nitrogens with zero attached hydrogens (tertiary/aromatic N) is 1. The molecule has 0 bridgehead atoms. The second-order valence-corrected chi connectivity index (χ2v) is 3.97. The van der Waals surface area contributed by atoms with Crippen LogP contribution in [-0.2, 0) is 6.54 Å². The minimum Gasteiger partial charge on any atom is -0.408 e. The summed E-state index contributed by atoms with van der Waals surface area (Å²) in [6.45, 7) is 2.57. The molecule has 0 fully saturated rings. The van der Waals surface area contributed by atoms with Gasteiger partial charge < -0.3 is 4.42 Å². The average Bonchev–Trinajstić information content (AvgIpc) is 2.39. The van der Waals surface area contributed by atoms with Crippen molar-refractivity contribution in [3.8, 4) is 0 Å². The van der Waals surface area contributed by atoms with E-state index in [1.54, 1.807) is 4.57 Å². The van der Waals surface area contributed by atoms with Crippen LogP contribution in [0.2, 0.25) is 0 Å². The van der Waals surface area contributed by atoms with Gasteiger partial charge in [0.1, 0.15) is 0 Å². The van der Waals surface area contributed by atoms with Crippen molar-refractivity contribution >= 4 is 33.7 Å². The predicted octanol–water partition coefficient (Wildman–Crippen LogP) is 2.22. The highest BCUT2D eigenvalue weighted by atomic mass is 127. The van der Waals surface area contributed by atoms with Crippen LogP contribution < -0.4 is 5.76 Å². The van der Waals surface area contributed by atoms with Crippen LogP contribution in [-0.4, -0.2) is 4.57 Å². The largest absolute Gasteiger partial charge is 0.419 e. The first-order valence-corrected chi connectivity index (χ1v) is 5.09. The summed E-state index contributed by atoms with van der Waals surface area (Å²) in [7, 11) is 0. The molecule has 13 heavy (non-hydrogen) atoms. The summed E-state index contributed by atoms with van der Waals surface area (Å²) in [5, 5.41) is 0. The first-order valence-electron chi connectivity index (χ1n) is 4.01. The number of rotatable bonds is 1. The SMILES string of the molecule is CCn1c(=O)oc2cc(I)ccc21. The molecule has 0 aliphatic heterocycles. The standard InChI is InChI=1S/C9H8INO2/c1-2-11-7-4-3-6(10)5-8(7)13-9(11)12/h3-5H,2H2,1H3.